The number of fused-ring (bicyclic) bond motifs is 1. The number of amides is 1. The molecule has 2 N–H and O–H groups in total. The van der Waals surface area contributed by atoms with Crippen molar-refractivity contribution >= 4 is 28.4 Å². The summed E-state index contributed by atoms with van der Waals surface area (Å²) in [6.07, 6.45) is 2.19. The Bertz CT molecular complexity index is 878. The molecule has 1 amide bonds. The quantitative estimate of drug-likeness (QED) is 0.739. The highest BCUT2D eigenvalue weighted by Crippen LogP contribution is 2.26. The highest BCUT2D eigenvalue weighted by atomic mass is 35.5. The van der Waals surface area contributed by atoms with Gasteiger partial charge in [-0.1, -0.05) is 0 Å². The van der Waals surface area contributed by atoms with Crippen molar-refractivity contribution in [3.63, 3.8) is 0 Å². The van der Waals surface area contributed by atoms with Crippen LogP contribution in [0.15, 0.2) is 30.6 Å². The summed E-state index contributed by atoms with van der Waals surface area (Å²) >= 11 is 5.66. The van der Waals surface area contributed by atoms with Gasteiger partial charge in [0.15, 0.2) is 11.6 Å². The molecule has 0 atom stereocenters. The fourth-order valence-corrected chi connectivity index (χ4v) is 2.21. The van der Waals surface area contributed by atoms with E-state index in [4.69, 9.17) is 17.3 Å². The Hall–Kier alpha value is -2.54. The first-order valence-electron chi connectivity index (χ1n) is 5.76. The third kappa shape index (κ3) is 2.21. The van der Waals surface area contributed by atoms with Gasteiger partial charge in [0.2, 0.25) is 5.28 Å². The molecule has 8 heteroatoms. The fraction of sp³-hybridized carbons (Fsp3) is 0. The molecular formula is C13H7ClF2N4O. The molecule has 0 radical (unpaired) electrons. The lowest BCUT2D eigenvalue weighted by Gasteiger charge is -2.05. The van der Waals surface area contributed by atoms with E-state index in [-0.39, 0.29) is 22.1 Å². The van der Waals surface area contributed by atoms with E-state index >= 15 is 0 Å². The highest BCUT2D eigenvalue weighted by molar-refractivity contribution is 6.28. The maximum absolute atomic E-state index is 13.9. The fourth-order valence-electron chi connectivity index (χ4n) is 2.08. The number of benzene rings is 1. The molecule has 0 fully saturated rings. The minimum absolute atomic E-state index is 0.0543. The molecule has 2 aromatic heterocycles. The van der Waals surface area contributed by atoms with Crippen LogP contribution in [-0.2, 0) is 0 Å². The summed E-state index contributed by atoms with van der Waals surface area (Å²) in [5, 5.41) is 0.104. The van der Waals surface area contributed by atoms with Gasteiger partial charge in [0, 0.05) is 11.6 Å². The zero-order chi connectivity index (χ0) is 15.1. The van der Waals surface area contributed by atoms with Crippen LogP contribution in [0.25, 0.3) is 16.7 Å². The Morgan fingerprint density at radius 1 is 1.33 bits per heavy atom. The second kappa shape index (κ2) is 4.78. The van der Waals surface area contributed by atoms with Gasteiger partial charge in [-0.25, -0.2) is 13.8 Å². The van der Waals surface area contributed by atoms with E-state index in [1.807, 2.05) is 0 Å². The molecule has 0 saturated carbocycles. The Kier molecular flexibility index (Phi) is 3.06. The number of carbonyl (C=O) groups excluding carboxylic acids is 1. The minimum Gasteiger partial charge on any atom is -0.366 e. The van der Waals surface area contributed by atoms with Gasteiger partial charge >= 0.3 is 0 Å². The molecule has 0 aliphatic heterocycles. The van der Waals surface area contributed by atoms with Crippen LogP contribution in [0.5, 0.6) is 0 Å². The molecule has 106 valence electrons. The largest absolute Gasteiger partial charge is 0.366 e. The van der Waals surface area contributed by atoms with Crippen LogP contribution in [-0.4, -0.2) is 20.4 Å². The van der Waals surface area contributed by atoms with Gasteiger partial charge in [0.25, 0.3) is 5.91 Å². The van der Waals surface area contributed by atoms with Crippen LogP contribution >= 0.6 is 11.6 Å². The normalized spacial score (nSPS) is 11.0. The van der Waals surface area contributed by atoms with E-state index < -0.39 is 17.5 Å². The molecule has 5 nitrogen and oxygen atoms in total. The maximum Gasteiger partial charge on any atom is 0.250 e. The molecule has 0 saturated heterocycles. The molecule has 0 spiro atoms. The van der Waals surface area contributed by atoms with E-state index in [0.29, 0.717) is 5.52 Å². The van der Waals surface area contributed by atoms with Crippen molar-refractivity contribution in [3.8, 4) is 5.82 Å². The molecule has 1 aromatic carbocycles. The van der Waals surface area contributed by atoms with E-state index in [1.165, 1.54) is 22.9 Å². The lowest BCUT2D eigenvalue weighted by molar-refractivity contribution is 0.100. The first-order valence-corrected chi connectivity index (χ1v) is 6.14. The van der Waals surface area contributed by atoms with Crippen LogP contribution in [0.2, 0.25) is 5.28 Å². The molecule has 0 unspecified atom stereocenters. The van der Waals surface area contributed by atoms with Crippen molar-refractivity contribution in [1.29, 1.82) is 0 Å². The topological polar surface area (TPSA) is 73.8 Å². The molecule has 2 heterocycles. The predicted octanol–water partition coefficient (Wildman–Crippen LogP) is 2.45. The van der Waals surface area contributed by atoms with Crippen molar-refractivity contribution in [2.24, 2.45) is 5.73 Å². The lowest BCUT2D eigenvalue weighted by Crippen LogP contribution is -2.10. The first kappa shape index (κ1) is 13.4. The summed E-state index contributed by atoms with van der Waals surface area (Å²) in [6, 6.07) is 3.73. The number of hydrogen-bond acceptors (Lipinski definition) is 3. The Labute approximate surface area is 122 Å². The molecular weight excluding hydrogens is 302 g/mol. The zero-order valence-electron chi connectivity index (χ0n) is 10.3. The predicted molar refractivity (Wildman–Crippen MR) is 72.3 cm³/mol. The van der Waals surface area contributed by atoms with Crippen LogP contribution in [0.4, 0.5) is 8.78 Å². The highest BCUT2D eigenvalue weighted by Gasteiger charge is 2.17. The van der Waals surface area contributed by atoms with Crippen LogP contribution in [0, 0.1) is 11.6 Å². The average Bonchev–Trinajstić information content (AvgIpc) is 2.80. The van der Waals surface area contributed by atoms with Crippen molar-refractivity contribution in [1.82, 2.24) is 14.5 Å². The van der Waals surface area contributed by atoms with Crippen molar-refractivity contribution in [2.75, 3.05) is 0 Å². The maximum atomic E-state index is 13.9. The number of aromatic nitrogens is 3. The number of rotatable bonds is 2. The summed E-state index contributed by atoms with van der Waals surface area (Å²) in [5.74, 6) is -2.19. The number of hydrogen-bond donors (Lipinski definition) is 1. The smallest absolute Gasteiger partial charge is 0.250 e. The lowest BCUT2D eigenvalue weighted by atomic mass is 10.1. The van der Waals surface area contributed by atoms with Crippen LogP contribution in [0.1, 0.15) is 10.4 Å². The SMILES string of the molecule is NC(=O)c1cn(-c2nc(Cl)ncc2F)c2ccc(F)cc12. The summed E-state index contributed by atoms with van der Waals surface area (Å²) < 4.78 is 28.5. The molecule has 3 aromatic rings. The van der Waals surface area contributed by atoms with E-state index in [0.717, 1.165) is 12.3 Å². The summed E-state index contributed by atoms with van der Waals surface area (Å²) in [7, 11) is 0. The van der Waals surface area contributed by atoms with Gasteiger partial charge in [-0.3, -0.25) is 9.36 Å². The van der Waals surface area contributed by atoms with E-state index in [1.54, 1.807) is 0 Å². The number of nitrogens with zero attached hydrogens (tertiary/aromatic N) is 3. The number of nitrogens with two attached hydrogens (primary N) is 1. The van der Waals surface area contributed by atoms with Gasteiger partial charge in [0.1, 0.15) is 5.82 Å². The number of primary amides is 1. The second-order valence-electron chi connectivity index (χ2n) is 4.25. The Morgan fingerprint density at radius 2 is 2.10 bits per heavy atom. The summed E-state index contributed by atoms with van der Waals surface area (Å²) in [6.45, 7) is 0. The molecule has 0 aliphatic carbocycles. The van der Waals surface area contributed by atoms with Crippen LogP contribution < -0.4 is 5.73 Å². The third-order valence-electron chi connectivity index (χ3n) is 2.96. The van der Waals surface area contributed by atoms with E-state index in [2.05, 4.69) is 9.97 Å². The number of carbonyl (C=O) groups is 1. The molecule has 3 rings (SSSR count). The van der Waals surface area contributed by atoms with Gasteiger partial charge in [-0.2, -0.15) is 4.98 Å². The van der Waals surface area contributed by atoms with Gasteiger partial charge in [-0.05, 0) is 29.8 Å². The zero-order valence-corrected chi connectivity index (χ0v) is 11.1. The van der Waals surface area contributed by atoms with Gasteiger partial charge in [0.05, 0.1) is 17.3 Å². The van der Waals surface area contributed by atoms with Crippen molar-refractivity contribution in [3.05, 3.63) is 53.1 Å². The molecule has 21 heavy (non-hydrogen) atoms. The number of halogens is 3. The van der Waals surface area contributed by atoms with E-state index in [9.17, 15) is 13.6 Å². The monoisotopic (exact) mass is 308 g/mol. The van der Waals surface area contributed by atoms with Gasteiger partial charge < -0.3 is 5.73 Å². The first-order chi connectivity index (χ1) is 9.97. The second-order valence-corrected chi connectivity index (χ2v) is 4.59. The third-order valence-corrected chi connectivity index (χ3v) is 3.14. The molecule has 0 aliphatic rings. The van der Waals surface area contributed by atoms with Gasteiger partial charge in [-0.15, -0.1) is 0 Å². The van der Waals surface area contributed by atoms with Crippen LogP contribution in [0.3, 0.4) is 0 Å². The summed E-state index contributed by atoms with van der Waals surface area (Å²) in [4.78, 5) is 18.8. The summed E-state index contributed by atoms with van der Waals surface area (Å²) in [5.41, 5.74) is 5.69. The Morgan fingerprint density at radius 3 is 2.81 bits per heavy atom. The standard InChI is InChI=1S/C13H7ClF2N4O/c14-13-18-4-9(16)12(19-13)20-5-8(11(17)21)7-3-6(15)1-2-10(7)20/h1-5H,(H2,17,21). The average molecular weight is 309 g/mol. The molecule has 0 bridgehead atoms. The minimum atomic E-state index is -0.759. The van der Waals surface area contributed by atoms with Crippen molar-refractivity contribution in [2.45, 2.75) is 0 Å². The van der Waals surface area contributed by atoms with Crippen molar-refractivity contribution < 1.29 is 13.6 Å². The Balaban J connectivity index is 2.38.